The Bertz CT molecular complexity index is 220. The molecule has 1 aliphatic rings. The van der Waals surface area contributed by atoms with Gasteiger partial charge in [-0.05, 0) is 19.8 Å². The molecule has 1 unspecified atom stereocenters. The highest BCUT2D eigenvalue weighted by atomic mass is 14.9. The van der Waals surface area contributed by atoms with Gasteiger partial charge in [-0.3, -0.25) is 4.99 Å². The summed E-state index contributed by atoms with van der Waals surface area (Å²) in [6.07, 6.45) is 5.41. The van der Waals surface area contributed by atoms with Crippen molar-refractivity contribution in [1.29, 1.82) is 0 Å². The van der Waals surface area contributed by atoms with Gasteiger partial charge in [0.1, 0.15) is 0 Å². The molecule has 0 amide bonds. The van der Waals surface area contributed by atoms with Crippen molar-refractivity contribution in [3.63, 3.8) is 0 Å². The Hall–Kier alpha value is -0.970. The lowest BCUT2D eigenvalue weighted by atomic mass is 10.1. The Morgan fingerprint density at radius 1 is 1.58 bits per heavy atom. The van der Waals surface area contributed by atoms with E-state index in [1.54, 1.807) is 0 Å². The predicted octanol–water partition coefficient (Wildman–Crippen LogP) is 1.70. The average molecular weight is 164 g/mol. The molecule has 0 radical (unpaired) electrons. The SMILES string of the molecule is CC#CCC1CCCCC(N)=N1. The molecule has 0 spiro atoms. The highest BCUT2D eigenvalue weighted by molar-refractivity contribution is 5.80. The van der Waals surface area contributed by atoms with Crippen molar-refractivity contribution >= 4 is 5.84 Å². The molecular formula is C10H16N2. The van der Waals surface area contributed by atoms with Gasteiger partial charge in [-0.2, -0.15) is 0 Å². The van der Waals surface area contributed by atoms with Crippen LogP contribution in [-0.2, 0) is 0 Å². The van der Waals surface area contributed by atoms with E-state index in [0.717, 1.165) is 25.1 Å². The van der Waals surface area contributed by atoms with Gasteiger partial charge in [0.25, 0.3) is 0 Å². The van der Waals surface area contributed by atoms with Gasteiger partial charge in [0.2, 0.25) is 0 Å². The van der Waals surface area contributed by atoms with Crippen molar-refractivity contribution in [2.75, 3.05) is 0 Å². The highest BCUT2D eigenvalue weighted by Crippen LogP contribution is 2.14. The van der Waals surface area contributed by atoms with Crippen LogP contribution in [0.15, 0.2) is 4.99 Å². The number of rotatable bonds is 1. The molecule has 66 valence electrons. The fourth-order valence-electron chi connectivity index (χ4n) is 1.42. The van der Waals surface area contributed by atoms with Gasteiger partial charge in [0.05, 0.1) is 11.9 Å². The molecule has 0 saturated heterocycles. The van der Waals surface area contributed by atoms with Crippen LogP contribution in [0.3, 0.4) is 0 Å². The molecule has 1 atom stereocenters. The second-order valence-corrected chi connectivity index (χ2v) is 3.15. The summed E-state index contributed by atoms with van der Waals surface area (Å²) >= 11 is 0. The van der Waals surface area contributed by atoms with Crippen LogP contribution >= 0.6 is 0 Å². The minimum Gasteiger partial charge on any atom is -0.387 e. The largest absolute Gasteiger partial charge is 0.387 e. The van der Waals surface area contributed by atoms with Gasteiger partial charge in [0.15, 0.2) is 0 Å². The van der Waals surface area contributed by atoms with E-state index in [-0.39, 0.29) is 0 Å². The molecule has 2 N–H and O–H groups in total. The standard InChI is InChI=1S/C10H16N2/c1-2-3-6-9-7-4-5-8-10(11)12-9/h9H,4-8H2,1H3,(H2,11,12). The third kappa shape index (κ3) is 2.96. The molecule has 0 aromatic rings. The third-order valence-corrected chi connectivity index (χ3v) is 2.08. The van der Waals surface area contributed by atoms with Crippen LogP contribution in [0.1, 0.15) is 39.0 Å². The summed E-state index contributed by atoms with van der Waals surface area (Å²) in [5, 5.41) is 0. The molecule has 0 aromatic heterocycles. The van der Waals surface area contributed by atoms with Crippen LogP contribution < -0.4 is 5.73 Å². The first kappa shape index (κ1) is 9.12. The lowest BCUT2D eigenvalue weighted by Gasteiger charge is -2.05. The minimum absolute atomic E-state index is 0.361. The van der Waals surface area contributed by atoms with Gasteiger partial charge in [-0.15, -0.1) is 11.8 Å². The Balaban J connectivity index is 2.48. The van der Waals surface area contributed by atoms with Crippen molar-refractivity contribution in [1.82, 2.24) is 0 Å². The van der Waals surface area contributed by atoms with Gasteiger partial charge < -0.3 is 5.73 Å². The fourth-order valence-corrected chi connectivity index (χ4v) is 1.42. The predicted molar refractivity (Wildman–Crippen MR) is 51.9 cm³/mol. The zero-order chi connectivity index (χ0) is 8.81. The van der Waals surface area contributed by atoms with Crippen molar-refractivity contribution in [2.45, 2.75) is 45.1 Å². The summed E-state index contributed by atoms with van der Waals surface area (Å²) in [5.41, 5.74) is 5.70. The third-order valence-electron chi connectivity index (χ3n) is 2.08. The first-order valence-corrected chi connectivity index (χ1v) is 4.54. The van der Waals surface area contributed by atoms with Crippen molar-refractivity contribution in [3.8, 4) is 11.8 Å². The van der Waals surface area contributed by atoms with E-state index in [1.807, 2.05) is 6.92 Å². The maximum atomic E-state index is 5.70. The van der Waals surface area contributed by atoms with Gasteiger partial charge >= 0.3 is 0 Å². The second-order valence-electron chi connectivity index (χ2n) is 3.15. The molecule has 0 fully saturated rings. The molecule has 0 bridgehead atoms. The van der Waals surface area contributed by atoms with Crippen LogP contribution in [0.5, 0.6) is 0 Å². The molecule has 2 nitrogen and oxygen atoms in total. The molecule has 12 heavy (non-hydrogen) atoms. The number of hydrogen-bond donors (Lipinski definition) is 1. The number of hydrogen-bond acceptors (Lipinski definition) is 2. The average Bonchev–Trinajstić information content (AvgIpc) is 2.26. The smallest absolute Gasteiger partial charge is 0.0940 e. The molecule has 0 aromatic carbocycles. The van der Waals surface area contributed by atoms with Crippen LogP contribution in [-0.4, -0.2) is 11.9 Å². The maximum absolute atomic E-state index is 5.70. The van der Waals surface area contributed by atoms with Crippen molar-refractivity contribution < 1.29 is 0 Å². The lowest BCUT2D eigenvalue weighted by molar-refractivity contribution is 0.602. The Labute approximate surface area is 74.3 Å². The van der Waals surface area contributed by atoms with Gasteiger partial charge in [-0.1, -0.05) is 6.42 Å². The number of amidine groups is 1. The first-order valence-electron chi connectivity index (χ1n) is 4.54. The number of nitrogens with zero attached hydrogens (tertiary/aromatic N) is 1. The maximum Gasteiger partial charge on any atom is 0.0940 e. The van der Waals surface area contributed by atoms with Crippen LogP contribution in [0.2, 0.25) is 0 Å². The zero-order valence-electron chi connectivity index (χ0n) is 7.64. The lowest BCUT2D eigenvalue weighted by Crippen LogP contribution is -2.13. The topological polar surface area (TPSA) is 38.4 Å². The normalized spacial score (nSPS) is 23.4. The van der Waals surface area contributed by atoms with Crippen molar-refractivity contribution in [3.05, 3.63) is 0 Å². The van der Waals surface area contributed by atoms with Crippen molar-refractivity contribution in [2.24, 2.45) is 10.7 Å². The van der Waals surface area contributed by atoms with Crippen LogP contribution in [0, 0.1) is 11.8 Å². The molecule has 2 heteroatoms. The highest BCUT2D eigenvalue weighted by Gasteiger charge is 2.09. The summed E-state index contributed by atoms with van der Waals surface area (Å²) in [5.74, 6) is 6.76. The fraction of sp³-hybridized carbons (Fsp3) is 0.700. The molecule has 0 saturated carbocycles. The van der Waals surface area contributed by atoms with Gasteiger partial charge in [-0.25, -0.2) is 0 Å². The van der Waals surface area contributed by atoms with E-state index >= 15 is 0 Å². The molecule has 1 heterocycles. The van der Waals surface area contributed by atoms with E-state index in [0.29, 0.717) is 6.04 Å². The van der Waals surface area contributed by atoms with Crippen LogP contribution in [0.25, 0.3) is 0 Å². The number of nitrogens with two attached hydrogens (primary N) is 1. The van der Waals surface area contributed by atoms with E-state index in [2.05, 4.69) is 16.8 Å². The van der Waals surface area contributed by atoms with E-state index in [9.17, 15) is 0 Å². The summed E-state index contributed by atoms with van der Waals surface area (Å²) in [4.78, 5) is 4.41. The van der Waals surface area contributed by atoms with Gasteiger partial charge in [0, 0.05) is 12.8 Å². The summed E-state index contributed by atoms with van der Waals surface area (Å²) in [7, 11) is 0. The van der Waals surface area contributed by atoms with E-state index in [4.69, 9.17) is 5.73 Å². The quantitative estimate of drug-likeness (QED) is 0.588. The monoisotopic (exact) mass is 164 g/mol. The van der Waals surface area contributed by atoms with E-state index in [1.165, 1.54) is 12.8 Å². The summed E-state index contributed by atoms with van der Waals surface area (Å²) in [6, 6.07) is 0.361. The molecule has 1 rings (SSSR count). The Kier molecular flexibility index (Phi) is 3.66. The number of aliphatic imine (C=N–C) groups is 1. The molecule has 1 aliphatic heterocycles. The molecule has 0 aliphatic carbocycles. The Morgan fingerprint density at radius 2 is 2.42 bits per heavy atom. The second kappa shape index (κ2) is 4.82. The summed E-state index contributed by atoms with van der Waals surface area (Å²) < 4.78 is 0. The van der Waals surface area contributed by atoms with Crippen LogP contribution in [0.4, 0.5) is 0 Å². The molecular weight excluding hydrogens is 148 g/mol. The first-order chi connectivity index (χ1) is 5.83. The minimum atomic E-state index is 0.361. The summed E-state index contributed by atoms with van der Waals surface area (Å²) in [6.45, 7) is 1.86. The Morgan fingerprint density at radius 3 is 3.17 bits per heavy atom. The van der Waals surface area contributed by atoms with E-state index < -0.39 is 0 Å². The zero-order valence-corrected chi connectivity index (χ0v) is 7.64.